The molecule has 0 unspecified atom stereocenters. The Balaban J connectivity index is 1.50. The first-order valence-corrected chi connectivity index (χ1v) is 11.6. The average molecular weight is 489 g/mol. The van der Waals surface area contributed by atoms with E-state index in [4.69, 9.17) is 9.47 Å². The standard InChI is InChI=1S/C28H25FN2O5/c29-22-17-31(27(34)30-26(22)33)25-16-23(32)24(36-25)18-35-28(19-10-4-1-5-11-19,20-12-6-2-7-13-20)21-14-8-3-9-15-21/h1-15,17,23-25,32H,16,18H2,(H,30,33,34)/t23-,24-,25-/m1/s1. The number of aromatic amines is 1. The van der Waals surface area contributed by atoms with Crippen LogP contribution in [0, 0.1) is 5.82 Å². The molecule has 3 atom stereocenters. The minimum atomic E-state index is -1.11. The summed E-state index contributed by atoms with van der Waals surface area (Å²) in [5.41, 5.74) is -0.243. The summed E-state index contributed by atoms with van der Waals surface area (Å²) in [5, 5.41) is 10.8. The smallest absolute Gasteiger partial charge is 0.330 e. The molecule has 1 aromatic heterocycles. The fourth-order valence-corrected chi connectivity index (χ4v) is 4.69. The number of nitrogens with zero attached hydrogens (tertiary/aromatic N) is 1. The molecule has 184 valence electrons. The van der Waals surface area contributed by atoms with Crippen molar-refractivity contribution in [2.45, 2.75) is 30.5 Å². The van der Waals surface area contributed by atoms with Crippen molar-refractivity contribution in [1.29, 1.82) is 0 Å². The number of ether oxygens (including phenoxy) is 2. The van der Waals surface area contributed by atoms with Crippen LogP contribution in [0.5, 0.6) is 0 Å². The predicted molar refractivity (Wildman–Crippen MR) is 131 cm³/mol. The van der Waals surface area contributed by atoms with E-state index in [0.717, 1.165) is 27.5 Å². The van der Waals surface area contributed by atoms with E-state index in [1.54, 1.807) is 0 Å². The van der Waals surface area contributed by atoms with Gasteiger partial charge in [0.2, 0.25) is 5.82 Å². The van der Waals surface area contributed by atoms with Crippen molar-refractivity contribution in [2.24, 2.45) is 0 Å². The molecule has 0 saturated carbocycles. The van der Waals surface area contributed by atoms with Crippen LogP contribution in [0.1, 0.15) is 29.3 Å². The molecule has 36 heavy (non-hydrogen) atoms. The van der Waals surface area contributed by atoms with Gasteiger partial charge in [0, 0.05) is 6.42 Å². The Kier molecular flexibility index (Phi) is 6.65. The summed E-state index contributed by atoms with van der Waals surface area (Å²) in [4.78, 5) is 25.5. The van der Waals surface area contributed by atoms with E-state index >= 15 is 0 Å². The Labute approximate surface area is 206 Å². The summed E-state index contributed by atoms with van der Waals surface area (Å²) in [7, 11) is 0. The van der Waals surface area contributed by atoms with Gasteiger partial charge in [0.25, 0.3) is 5.56 Å². The summed E-state index contributed by atoms with van der Waals surface area (Å²) in [6.07, 6.45) is -1.89. The first-order valence-electron chi connectivity index (χ1n) is 11.6. The first kappa shape index (κ1) is 23.9. The number of hydrogen-bond acceptors (Lipinski definition) is 5. The molecule has 5 rings (SSSR count). The maximum atomic E-state index is 13.8. The van der Waals surface area contributed by atoms with Crippen LogP contribution < -0.4 is 11.2 Å². The van der Waals surface area contributed by atoms with Gasteiger partial charge in [-0.25, -0.2) is 4.79 Å². The number of rotatable bonds is 7. The Morgan fingerprint density at radius 2 is 1.42 bits per heavy atom. The average Bonchev–Trinajstić information content (AvgIpc) is 3.28. The lowest BCUT2D eigenvalue weighted by Gasteiger charge is -2.37. The number of halogens is 1. The zero-order chi connectivity index (χ0) is 25.1. The van der Waals surface area contributed by atoms with Crippen LogP contribution in [0.4, 0.5) is 4.39 Å². The molecule has 1 fully saturated rings. The number of aromatic nitrogens is 2. The molecule has 2 N–H and O–H groups in total. The van der Waals surface area contributed by atoms with E-state index in [9.17, 15) is 19.1 Å². The summed E-state index contributed by atoms with van der Waals surface area (Å²) < 4.78 is 27.4. The zero-order valence-corrected chi connectivity index (χ0v) is 19.3. The zero-order valence-electron chi connectivity index (χ0n) is 19.3. The second kappa shape index (κ2) is 10.0. The number of benzene rings is 3. The van der Waals surface area contributed by atoms with Gasteiger partial charge < -0.3 is 14.6 Å². The number of nitrogens with one attached hydrogen (secondary N) is 1. The van der Waals surface area contributed by atoms with Gasteiger partial charge >= 0.3 is 5.69 Å². The molecule has 3 aromatic carbocycles. The molecule has 7 nitrogen and oxygen atoms in total. The van der Waals surface area contributed by atoms with Crippen LogP contribution in [0.3, 0.4) is 0 Å². The Morgan fingerprint density at radius 3 is 1.92 bits per heavy atom. The molecular formula is C28H25FN2O5. The molecule has 1 aliphatic heterocycles. The third kappa shape index (κ3) is 4.42. The maximum absolute atomic E-state index is 13.8. The fraction of sp³-hybridized carbons (Fsp3) is 0.214. The highest BCUT2D eigenvalue weighted by atomic mass is 19.1. The predicted octanol–water partition coefficient (Wildman–Crippen LogP) is 3.33. The van der Waals surface area contributed by atoms with Gasteiger partial charge in [0.15, 0.2) is 0 Å². The van der Waals surface area contributed by atoms with E-state index in [0.29, 0.717) is 0 Å². The summed E-state index contributed by atoms with van der Waals surface area (Å²) in [6.45, 7) is -0.0169. The van der Waals surface area contributed by atoms with Gasteiger partial charge in [-0.05, 0) is 16.7 Å². The third-order valence-electron chi connectivity index (χ3n) is 6.44. The van der Waals surface area contributed by atoms with Gasteiger partial charge in [0.05, 0.1) is 18.9 Å². The lowest BCUT2D eigenvalue weighted by atomic mass is 9.80. The SMILES string of the molecule is O=c1[nH]c(=O)n([C@H]2C[C@@H](O)[C@@H](COC(c3ccccc3)(c3ccccc3)c3ccccc3)O2)cc1F. The molecule has 0 bridgehead atoms. The van der Waals surface area contributed by atoms with Gasteiger partial charge in [-0.3, -0.25) is 14.3 Å². The van der Waals surface area contributed by atoms with Crippen molar-refractivity contribution < 1.29 is 19.0 Å². The van der Waals surface area contributed by atoms with Crippen LogP contribution >= 0.6 is 0 Å². The van der Waals surface area contributed by atoms with Gasteiger partial charge in [-0.2, -0.15) is 4.39 Å². The summed E-state index contributed by atoms with van der Waals surface area (Å²) >= 11 is 0. The molecule has 2 heterocycles. The largest absolute Gasteiger partial charge is 0.390 e. The molecule has 0 radical (unpaired) electrons. The highest BCUT2D eigenvalue weighted by Crippen LogP contribution is 2.41. The van der Waals surface area contributed by atoms with Crippen LogP contribution in [-0.4, -0.2) is 33.5 Å². The normalized spacial score (nSPS) is 19.9. The van der Waals surface area contributed by atoms with Crippen molar-refractivity contribution in [1.82, 2.24) is 9.55 Å². The Morgan fingerprint density at radius 1 is 0.917 bits per heavy atom. The topological polar surface area (TPSA) is 93.6 Å². The van der Waals surface area contributed by atoms with Crippen molar-refractivity contribution in [2.75, 3.05) is 6.61 Å². The van der Waals surface area contributed by atoms with Crippen molar-refractivity contribution in [3.8, 4) is 0 Å². The molecule has 0 amide bonds. The van der Waals surface area contributed by atoms with Gasteiger partial charge in [-0.1, -0.05) is 91.0 Å². The first-order chi connectivity index (χ1) is 17.5. The number of H-pyrrole nitrogens is 1. The van der Waals surface area contributed by atoms with E-state index in [-0.39, 0.29) is 13.0 Å². The van der Waals surface area contributed by atoms with Crippen LogP contribution in [-0.2, 0) is 15.1 Å². The lowest BCUT2D eigenvalue weighted by molar-refractivity contribution is -0.0945. The molecule has 0 aliphatic carbocycles. The minimum absolute atomic E-state index is 0.0169. The van der Waals surface area contributed by atoms with E-state index in [1.165, 1.54) is 0 Å². The fourth-order valence-electron chi connectivity index (χ4n) is 4.69. The van der Waals surface area contributed by atoms with E-state index < -0.39 is 41.1 Å². The monoisotopic (exact) mass is 488 g/mol. The summed E-state index contributed by atoms with van der Waals surface area (Å²) in [5.74, 6) is -1.11. The number of aliphatic hydroxyl groups excluding tert-OH is 1. The van der Waals surface area contributed by atoms with Crippen LogP contribution in [0.15, 0.2) is 107 Å². The number of aliphatic hydroxyl groups is 1. The minimum Gasteiger partial charge on any atom is -0.390 e. The molecular weight excluding hydrogens is 463 g/mol. The quantitative estimate of drug-likeness (QED) is 0.389. The van der Waals surface area contributed by atoms with Gasteiger partial charge in [-0.15, -0.1) is 0 Å². The Bertz CT molecular complexity index is 1330. The van der Waals surface area contributed by atoms with Gasteiger partial charge in [0.1, 0.15) is 17.9 Å². The van der Waals surface area contributed by atoms with Crippen LogP contribution in [0.25, 0.3) is 0 Å². The van der Waals surface area contributed by atoms with E-state index in [1.807, 2.05) is 96.0 Å². The highest BCUT2D eigenvalue weighted by Gasteiger charge is 2.42. The number of hydrogen-bond donors (Lipinski definition) is 2. The van der Waals surface area contributed by atoms with Crippen LogP contribution in [0.2, 0.25) is 0 Å². The Hall–Kier alpha value is -3.85. The van der Waals surface area contributed by atoms with E-state index in [2.05, 4.69) is 0 Å². The molecule has 1 aliphatic rings. The van der Waals surface area contributed by atoms with Crippen molar-refractivity contribution in [3.05, 3.63) is 141 Å². The summed E-state index contributed by atoms with van der Waals surface area (Å²) in [6, 6.07) is 29.3. The molecule has 8 heteroatoms. The van der Waals surface area contributed by atoms with Crippen molar-refractivity contribution in [3.63, 3.8) is 0 Å². The second-order valence-electron chi connectivity index (χ2n) is 8.67. The highest BCUT2D eigenvalue weighted by molar-refractivity contribution is 5.47. The lowest BCUT2D eigenvalue weighted by Crippen LogP contribution is -2.38. The maximum Gasteiger partial charge on any atom is 0.330 e. The van der Waals surface area contributed by atoms with Crippen molar-refractivity contribution >= 4 is 0 Å². The second-order valence-corrected chi connectivity index (χ2v) is 8.67. The third-order valence-corrected chi connectivity index (χ3v) is 6.44. The molecule has 1 saturated heterocycles. The molecule has 0 spiro atoms. The molecule has 4 aromatic rings.